The molecule has 0 aromatic carbocycles. The maximum Gasteiger partial charge on any atom is 0.231 e. The highest BCUT2D eigenvalue weighted by molar-refractivity contribution is 7.15. The maximum absolute atomic E-state index is 12.5. The Balaban J connectivity index is 1.65. The van der Waals surface area contributed by atoms with Crippen LogP contribution in [0.3, 0.4) is 0 Å². The average Bonchev–Trinajstić information content (AvgIpc) is 2.86. The Labute approximate surface area is 134 Å². The summed E-state index contributed by atoms with van der Waals surface area (Å²) in [6, 6.07) is 5.88. The zero-order valence-corrected chi connectivity index (χ0v) is 13.7. The van der Waals surface area contributed by atoms with Crippen LogP contribution in [0, 0.1) is 19.8 Å². The summed E-state index contributed by atoms with van der Waals surface area (Å²) in [6.07, 6.45) is 3.71. The molecule has 2 aromatic rings. The SMILES string of the molecule is Cc1nc(NC(=O)C2CCCN(c3ccccn3)C2)sc1C. The van der Waals surface area contributed by atoms with Crippen molar-refractivity contribution in [2.24, 2.45) is 5.92 Å². The fraction of sp³-hybridized carbons (Fsp3) is 0.438. The highest BCUT2D eigenvalue weighted by atomic mass is 32.1. The van der Waals surface area contributed by atoms with E-state index in [9.17, 15) is 4.79 Å². The van der Waals surface area contributed by atoms with Crippen molar-refractivity contribution in [1.29, 1.82) is 0 Å². The molecular weight excluding hydrogens is 296 g/mol. The second-order valence-corrected chi connectivity index (χ2v) is 6.83. The van der Waals surface area contributed by atoms with Crippen molar-refractivity contribution in [3.05, 3.63) is 35.0 Å². The van der Waals surface area contributed by atoms with Gasteiger partial charge in [0.05, 0.1) is 11.6 Å². The maximum atomic E-state index is 12.5. The number of aryl methyl sites for hydroxylation is 2. The molecule has 1 N–H and O–H groups in total. The number of anilines is 2. The second-order valence-electron chi connectivity index (χ2n) is 5.62. The molecule has 0 spiro atoms. The molecule has 1 unspecified atom stereocenters. The number of piperidine rings is 1. The van der Waals surface area contributed by atoms with E-state index in [4.69, 9.17) is 0 Å². The van der Waals surface area contributed by atoms with E-state index < -0.39 is 0 Å². The van der Waals surface area contributed by atoms with Crippen molar-refractivity contribution >= 4 is 28.2 Å². The number of amides is 1. The molecule has 0 saturated carbocycles. The summed E-state index contributed by atoms with van der Waals surface area (Å²) in [5.74, 6) is 0.996. The monoisotopic (exact) mass is 316 g/mol. The highest BCUT2D eigenvalue weighted by Crippen LogP contribution is 2.25. The summed E-state index contributed by atoms with van der Waals surface area (Å²) in [5.41, 5.74) is 0.985. The van der Waals surface area contributed by atoms with Crippen LogP contribution in [-0.4, -0.2) is 29.0 Å². The number of nitrogens with zero attached hydrogens (tertiary/aromatic N) is 3. The van der Waals surface area contributed by atoms with Crippen LogP contribution < -0.4 is 10.2 Å². The van der Waals surface area contributed by atoms with Crippen LogP contribution in [0.2, 0.25) is 0 Å². The Morgan fingerprint density at radius 3 is 2.95 bits per heavy atom. The normalized spacial score (nSPS) is 18.3. The Hall–Kier alpha value is -1.95. The van der Waals surface area contributed by atoms with Gasteiger partial charge in [0.1, 0.15) is 5.82 Å². The third kappa shape index (κ3) is 3.27. The molecule has 1 aliphatic rings. The van der Waals surface area contributed by atoms with Crippen molar-refractivity contribution in [2.45, 2.75) is 26.7 Å². The van der Waals surface area contributed by atoms with E-state index in [1.165, 1.54) is 11.3 Å². The zero-order chi connectivity index (χ0) is 15.5. The molecule has 0 radical (unpaired) electrons. The van der Waals surface area contributed by atoms with Crippen molar-refractivity contribution in [3.8, 4) is 0 Å². The number of hydrogen-bond donors (Lipinski definition) is 1. The van der Waals surface area contributed by atoms with Crippen LogP contribution in [0.4, 0.5) is 10.9 Å². The van der Waals surface area contributed by atoms with E-state index in [1.54, 1.807) is 6.20 Å². The molecule has 0 bridgehead atoms. The third-order valence-corrected chi connectivity index (χ3v) is 5.01. The van der Waals surface area contributed by atoms with Crippen LogP contribution in [-0.2, 0) is 4.79 Å². The molecule has 5 nitrogen and oxygen atoms in total. The van der Waals surface area contributed by atoms with Gasteiger partial charge in [-0.05, 0) is 38.8 Å². The molecule has 1 fully saturated rings. The van der Waals surface area contributed by atoms with E-state index in [-0.39, 0.29) is 11.8 Å². The van der Waals surface area contributed by atoms with Crippen molar-refractivity contribution in [3.63, 3.8) is 0 Å². The summed E-state index contributed by atoms with van der Waals surface area (Å²) >= 11 is 1.53. The number of carbonyl (C=O) groups excluding carboxylic acids is 1. The fourth-order valence-electron chi connectivity index (χ4n) is 2.67. The first-order valence-corrected chi connectivity index (χ1v) is 8.36. The van der Waals surface area contributed by atoms with E-state index in [0.29, 0.717) is 11.7 Å². The zero-order valence-electron chi connectivity index (χ0n) is 12.9. The molecule has 1 saturated heterocycles. The van der Waals surface area contributed by atoms with Gasteiger partial charge in [-0.15, -0.1) is 11.3 Å². The second kappa shape index (κ2) is 6.44. The Morgan fingerprint density at radius 1 is 1.41 bits per heavy atom. The molecule has 1 amide bonds. The summed E-state index contributed by atoms with van der Waals surface area (Å²) < 4.78 is 0. The van der Waals surface area contributed by atoms with Crippen molar-refractivity contribution in [2.75, 3.05) is 23.3 Å². The van der Waals surface area contributed by atoms with E-state index in [1.807, 2.05) is 32.0 Å². The Morgan fingerprint density at radius 2 is 2.27 bits per heavy atom. The molecule has 1 atom stereocenters. The van der Waals surface area contributed by atoms with Crippen LogP contribution in [0.1, 0.15) is 23.4 Å². The van der Waals surface area contributed by atoms with Gasteiger partial charge in [0.15, 0.2) is 5.13 Å². The molecule has 1 aliphatic heterocycles. The minimum atomic E-state index is -0.0136. The van der Waals surface area contributed by atoms with Crippen LogP contribution in [0.15, 0.2) is 24.4 Å². The predicted molar refractivity (Wildman–Crippen MR) is 89.4 cm³/mol. The van der Waals surface area contributed by atoms with E-state index in [0.717, 1.165) is 35.8 Å². The van der Waals surface area contributed by atoms with Gasteiger partial charge in [-0.2, -0.15) is 0 Å². The highest BCUT2D eigenvalue weighted by Gasteiger charge is 2.27. The van der Waals surface area contributed by atoms with Crippen LogP contribution in [0.25, 0.3) is 0 Å². The van der Waals surface area contributed by atoms with Crippen molar-refractivity contribution < 1.29 is 4.79 Å². The van der Waals surface area contributed by atoms with Crippen LogP contribution in [0.5, 0.6) is 0 Å². The molecule has 0 aliphatic carbocycles. The molecule has 116 valence electrons. The van der Waals surface area contributed by atoms with Crippen LogP contribution >= 0.6 is 11.3 Å². The molecular formula is C16H20N4OS. The van der Waals surface area contributed by atoms with Gasteiger partial charge in [0.25, 0.3) is 0 Å². The lowest BCUT2D eigenvalue weighted by molar-refractivity contribution is -0.120. The van der Waals surface area contributed by atoms with Gasteiger partial charge in [-0.25, -0.2) is 9.97 Å². The minimum absolute atomic E-state index is 0.0136. The average molecular weight is 316 g/mol. The molecule has 22 heavy (non-hydrogen) atoms. The largest absolute Gasteiger partial charge is 0.356 e. The molecule has 6 heteroatoms. The first-order valence-electron chi connectivity index (χ1n) is 7.54. The minimum Gasteiger partial charge on any atom is -0.356 e. The summed E-state index contributed by atoms with van der Waals surface area (Å²) in [7, 11) is 0. The first kappa shape index (κ1) is 15.0. The van der Waals surface area contributed by atoms with Gasteiger partial charge in [-0.1, -0.05) is 6.07 Å². The summed E-state index contributed by atoms with van der Waals surface area (Å²) in [4.78, 5) is 24.6. The number of pyridine rings is 1. The fourth-order valence-corrected chi connectivity index (χ4v) is 3.49. The van der Waals surface area contributed by atoms with Gasteiger partial charge < -0.3 is 10.2 Å². The lowest BCUT2D eigenvalue weighted by atomic mass is 9.97. The first-order chi connectivity index (χ1) is 10.6. The van der Waals surface area contributed by atoms with Gasteiger partial charge in [0.2, 0.25) is 5.91 Å². The van der Waals surface area contributed by atoms with Gasteiger partial charge in [0, 0.05) is 24.2 Å². The number of carbonyl (C=O) groups is 1. The summed E-state index contributed by atoms with van der Waals surface area (Å²) in [6.45, 7) is 5.65. The van der Waals surface area contributed by atoms with Gasteiger partial charge in [-0.3, -0.25) is 4.79 Å². The predicted octanol–water partition coefficient (Wildman–Crippen LogP) is 3.01. The number of aromatic nitrogens is 2. The Kier molecular flexibility index (Phi) is 4.38. The molecule has 2 aromatic heterocycles. The van der Waals surface area contributed by atoms with E-state index >= 15 is 0 Å². The third-order valence-electron chi connectivity index (χ3n) is 4.02. The van der Waals surface area contributed by atoms with Crippen molar-refractivity contribution in [1.82, 2.24) is 9.97 Å². The summed E-state index contributed by atoms with van der Waals surface area (Å²) in [5, 5.41) is 3.67. The smallest absolute Gasteiger partial charge is 0.231 e. The number of thiazole rings is 1. The van der Waals surface area contributed by atoms with E-state index in [2.05, 4.69) is 20.2 Å². The quantitative estimate of drug-likeness (QED) is 0.945. The lowest BCUT2D eigenvalue weighted by Crippen LogP contribution is -2.41. The van der Waals surface area contributed by atoms with Gasteiger partial charge >= 0.3 is 0 Å². The lowest BCUT2D eigenvalue weighted by Gasteiger charge is -2.32. The topological polar surface area (TPSA) is 58.1 Å². The Bertz CT molecular complexity index is 636. The standard InChI is InChI=1S/C16H20N4OS/c1-11-12(2)22-16(18-11)19-15(21)13-6-5-9-20(10-13)14-7-3-4-8-17-14/h3-4,7-8,13H,5-6,9-10H2,1-2H3,(H,18,19,21). The number of nitrogens with one attached hydrogen (secondary N) is 1. The molecule has 3 rings (SSSR count). The number of hydrogen-bond acceptors (Lipinski definition) is 5. The molecule has 3 heterocycles. The number of rotatable bonds is 3.